The lowest BCUT2D eigenvalue weighted by atomic mass is 9.90. The van der Waals surface area contributed by atoms with E-state index in [1.165, 1.54) is 23.2 Å². The van der Waals surface area contributed by atoms with Crippen LogP contribution in [0.2, 0.25) is 0 Å². The maximum atomic E-state index is 3.55. The van der Waals surface area contributed by atoms with Crippen LogP contribution in [-0.2, 0) is 6.54 Å². The number of benzene rings is 2. The fraction of sp³-hybridized carbons (Fsp3) is 0.333. The third kappa shape index (κ3) is 3.66. The summed E-state index contributed by atoms with van der Waals surface area (Å²) < 4.78 is 1.15. The Kier molecular flexibility index (Phi) is 4.61. The molecule has 1 aliphatic rings. The molecule has 2 aromatic carbocycles. The normalized spacial score (nSPS) is 17.4. The molecule has 2 nitrogen and oxygen atoms in total. The van der Waals surface area contributed by atoms with Crippen molar-refractivity contribution in [2.24, 2.45) is 0 Å². The first-order valence-corrected chi connectivity index (χ1v) is 8.27. The fourth-order valence-corrected chi connectivity index (χ4v) is 3.57. The van der Waals surface area contributed by atoms with E-state index in [0.717, 1.165) is 24.1 Å². The van der Waals surface area contributed by atoms with Gasteiger partial charge in [0.1, 0.15) is 0 Å². The number of hydrogen-bond acceptors (Lipinski definition) is 2. The van der Waals surface area contributed by atoms with E-state index in [0.29, 0.717) is 5.92 Å². The van der Waals surface area contributed by atoms with E-state index in [4.69, 9.17) is 0 Å². The quantitative estimate of drug-likeness (QED) is 0.879. The van der Waals surface area contributed by atoms with Gasteiger partial charge in [-0.05, 0) is 42.8 Å². The topological polar surface area (TPSA) is 15.3 Å². The second-order valence-electron chi connectivity index (χ2n) is 5.83. The largest absolute Gasteiger partial charge is 0.385 e. The minimum Gasteiger partial charge on any atom is -0.385 e. The summed E-state index contributed by atoms with van der Waals surface area (Å²) in [4.78, 5) is 2.43. The average molecular weight is 345 g/mol. The first-order valence-electron chi connectivity index (χ1n) is 7.48. The molecule has 21 heavy (non-hydrogen) atoms. The molecule has 0 saturated heterocycles. The van der Waals surface area contributed by atoms with Crippen molar-refractivity contribution >= 4 is 21.6 Å². The van der Waals surface area contributed by atoms with Crippen molar-refractivity contribution in [1.29, 1.82) is 0 Å². The first kappa shape index (κ1) is 14.6. The second-order valence-corrected chi connectivity index (χ2v) is 6.74. The van der Waals surface area contributed by atoms with E-state index in [9.17, 15) is 0 Å². The summed E-state index contributed by atoms with van der Waals surface area (Å²) in [6.45, 7) is 3.17. The van der Waals surface area contributed by atoms with E-state index in [2.05, 4.69) is 81.7 Å². The Balaban J connectivity index is 1.67. The molecule has 0 amide bonds. The lowest BCUT2D eigenvalue weighted by Gasteiger charge is -2.30. The van der Waals surface area contributed by atoms with Crippen LogP contribution in [0.3, 0.4) is 0 Å². The molecule has 1 atom stereocenters. The van der Waals surface area contributed by atoms with Crippen LogP contribution in [0.25, 0.3) is 0 Å². The van der Waals surface area contributed by atoms with Gasteiger partial charge in [-0.3, -0.25) is 0 Å². The van der Waals surface area contributed by atoms with Crippen LogP contribution in [0.15, 0.2) is 53.0 Å². The van der Waals surface area contributed by atoms with Crippen molar-refractivity contribution in [1.82, 2.24) is 4.90 Å². The highest BCUT2D eigenvalue weighted by Crippen LogP contribution is 2.31. The molecule has 0 radical (unpaired) electrons. The molecule has 0 aliphatic carbocycles. The minimum absolute atomic E-state index is 0.625. The Morgan fingerprint density at radius 2 is 2.05 bits per heavy atom. The van der Waals surface area contributed by atoms with Crippen LogP contribution in [-0.4, -0.2) is 25.0 Å². The maximum absolute atomic E-state index is 3.55. The molecule has 2 aromatic rings. The SMILES string of the molecule is CN(Cc1cccc(Br)c1)CC1CCNc2ccccc21. The van der Waals surface area contributed by atoms with E-state index in [1.54, 1.807) is 0 Å². The summed E-state index contributed by atoms with van der Waals surface area (Å²) in [5, 5.41) is 3.50. The summed E-state index contributed by atoms with van der Waals surface area (Å²) >= 11 is 3.55. The zero-order valence-corrected chi connectivity index (χ0v) is 13.9. The number of fused-ring (bicyclic) bond motifs is 1. The van der Waals surface area contributed by atoms with E-state index in [-0.39, 0.29) is 0 Å². The lowest BCUT2D eigenvalue weighted by molar-refractivity contribution is 0.297. The standard InChI is InChI=1S/C18H21BrN2/c1-21(12-14-5-4-6-16(19)11-14)13-15-9-10-20-18-8-3-2-7-17(15)18/h2-8,11,15,20H,9-10,12-13H2,1H3. The van der Waals surface area contributed by atoms with Crippen LogP contribution in [0.1, 0.15) is 23.5 Å². The smallest absolute Gasteiger partial charge is 0.0376 e. The summed E-state index contributed by atoms with van der Waals surface area (Å²) in [5.74, 6) is 0.625. The number of para-hydroxylation sites is 1. The molecule has 0 fully saturated rings. The molecule has 1 aliphatic heterocycles. The molecular weight excluding hydrogens is 324 g/mol. The van der Waals surface area contributed by atoms with Crippen LogP contribution < -0.4 is 5.32 Å². The molecule has 0 spiro atoms. The number of likely N-dealkylation sites (N-methyl/N-ethyl adjacent to an activating group) is 1. The molecular formula is C18H21BrN2. The van der Waals surface area contributed by atoms with Gasteiger partial charge >= 0.3 is 0 Å². The van der Waals surface area contributed by atoms with Gasteiger partial charge in [-0.1, -0.05) is 46.3 Å². The molecule has 0 aromatic heterocycles. The maximum Gasteiger partial charge on any atom is 0.0376 e. The van der Waals surface area contributed by atoms with E-state index < -0.39 is 0 Å². The lowest BCUT2D eigenvalue weighted by Crippen LogP contribution is -2.28. The fourth-order valence-electron chi connectivity index (χ4n) is 3.13. The monoisotopic (exact) mass is 344 g/mol. The first-order chi connectivity index (χ1) is 10.2. The Morgan fingerprint density at radius 3 is 2.90 bits per heavy atom. The molecule has 0 saturated carbocycles. The van der Waals surface area contributed by atoms with Crippen molar-refractivity contribution in [3.8, 4) is 0 Å². The van der Waals surface area contributed by atoms with Gasteiger partial charge in [0.05, 0.1) is 0 Å². The summed E-state index contributed by atoms with van der Waals surface area (Å²) in [6, 6.07) is 17.3. The Bertz CT molecular complexity index is 612. The number of anilines is 1. The summed E-state index contributed by atoms with van der Waals surface area (Å²) in [7, 11) is 2.21. The van der Waals surface area contributed by atoms with Crippen molar-refractivity contribution in [3.63, 3.8) is 0 Å². The second kappa shape index (κ2) is 6.63. The third-order valence-corrected chi connectivity index (χ3v) is 4.58. The molecule has 3 heteroatoms. The van der Waals surface area contributed by atoms with Gasteiger partial charge in [0.15, 0.2) is 0 Å². The Labute approximate surface area is 135 Å². The van der Waals surface area contributed by atoms with Crippen molar-refractivity contribution in [2.45, 2.75) is 18.9 Å². The average Bonchev–Trinajstić information content (AvgIpc) is 2.47. The van der Waals surface area contributed by atoms with Crippen molar-refractivity contribution in [2.75, 3.05) is 25.5 Å². The molecule has 1 N–H and O–H groups in total. The number of nitrogens with one attached hydrogen (secondary N) is 1. The zero-order valence-electron chi connectivity index (χ0n) is 12.3. The highest BCUT2D eigenvalue weighted by molar-refractivity contribution is 9.10. The third-order valence-electron chi connectivity index (χ3n) is 4.08. The zero-order chi connectivity index (χ0) is 14.7. The van der Waals surface area contributed by atoms with Crippen molar-refractivity contribution < 1.29 is 0 Å². The number of hydrogen-bond donors (Lipinski definition) is 1. The predicted molar refractivity (Wildman–Crippen MR) is 92.8 cm³/mol. The number of rotatable bonds is 4. The van der Waals surface area contributed by atoms with Gasteiger partial charge < -0.3 is 10.2 Å². The van der Waals surface area contributed by atoms with Gasteiger partial charge in [-0.2, -0.15) is 0 Å². The molecule has 110 valence electrons. The molecule has 0 bridgehead atoms. The van der Waals surface area contributed by atoms with Crippen LogP contribution in [0.5, 0.6) is 0 Å². The Morgan fingerprint density at radius 1 is 1.19 bits per heavy atom. The number of nitrogens with zero attached hydrogens (tertiary/aromatic N) is 1. The molecule has 1 heterocycles. The Hall–Kier alpha value is -1.32. The van der Waals surface area contributed by atoms with E-state index >= 15 is 0 Å². The summed E-state index contributed by atoms with van der Waals surface area (Å²) in [6.07, 6.45) is 1.21. The molecule has 1 unspecified atom stereocenters. The van der Waals surface area contributed by atoms with Crippen LogP contribution in [0, 0.1) is 0 Å². The highest BCUT2D eigenvalue weighted by Gasteiger charge is 2.20. The van der Waals surface area contributed by atoms with Gasteiger partial charge in [-0.25, -0.2) is 0 Å². The summed E-state index contributed by atoms with van der Waals surface area (Å²) in [5.41, 5.74) is 4.13. The van der Waals surface area contributed by atoms with Crippen LogP contribution in [0.4, 0.5) is 5.69 Å². The van der Waals surface area contributed by atoms with Gasteiger partial charge in [0, 0.05) is 35.7 Å². The van der Waals surface area contributed by atoms with Gasteiger partial charge in [0.2, 0.25) is 0 Å². The molecule has 3 rings (SSSR count). The van der Waals surface area contributed by atoms with Crippen molar-refractivity contribution in [3.05, 3.63) is 64.1 Å². The highest BCUT2D eigenvalue weighted by atomic mass is 79.9. The number of halogens is 1. The van der Waals surface area contributed by atoms with Gasteiger partial charge in [-0.15, -0.1) is 0 Å². The van der Waals surface area contributed by atoms with Crippen LogP contribution >= 0.6 is 15.9 Å². The predicted octanol–water partition coefficient (Wildman–Crippen LogP) is 4.48. The minimum atomic E-state index is 0.625. The van der Waals surface area contributed by atoms with E-state index in [1.807, 2.05) is 0 Å². The van der Waals surface area contributed by atoms with Gasteiger partial charge in [0.25, 0.3) is 0 Å².